The summed E-state index contributed by atoms with van der Waals surface area (Å²) < 4.78 is 44.2. The maximum absolute atomic E-state index is 13.0. The second-order valence-electron chi connectivity index (χ2n) is 6.63. The molecular weight excluding hydrogens is 513 g/mol. The van der Waals surface area contributed by atoms with Crippen LogP contribution in [0.25, 0.3) is 0 Å². The fourth-order valence-corrected chi connectivity index (χ4v) is 3.74. The van der Waals surface area contributed by atoms with Gasteiger partial charge in [-0.1, -0.05) is 11.6 Å². The number of thiazole rings is 1. The van der Waals surface area contributed by atoms with Crippen molar-refractivity contribution >= 4 is 46.3 Å². The van der Waals surface area contributed by atoms with Gasteiger partial charge in [0, 0.05) is 12.7 Å². The number of hydrogen-bond acceptors (Lipinski definition) is 8. The third-order valence-electron chi connectivity index (χ3n) is 4.37. The molecule has 0 aliphatic carbocycles. The molecular formula is C20H16ClF3N6O4S. The van der Waals surface area contributed by atoms with E-state index in [9.17, 15) is 27.6 Å². The molecule has 35 heavy (non-hydrogen) atoms. The highest BCUT2D eigenvalue weighted by atomic mass is 35.5. The summed E-state index contributed by atoms with van der Waals surface area (Å²) in [4.78, 5) is 48.7. The van der Waals surface area contributed by atoms with E-state index < -0.39 is 34.5 Å². The standard InChI is InChI=1S/C20H16ClF3N6O4S/c1-25-18(32)14-16(34-2)15(29-8-28-14)19(33)27-7-13-26-6-12(35-13)17(31)30-9-3-4-11(21)10(5-9)20(22,23)24/h3-6,8H,7H2,1-2H3,(H,25,32)(H,27,33)(H,30,31). The molecule has 15 heteroatoms. The number of ether oxygens (including phenoxy) is 1. The van der Waals surface area contributed by atoms with Crippen LogP contribution in [0.15, 0.2) is 30.7 Å². The number of hydrogen-bond donors (Lipinski definition) is 3. The summed E-state index contributed by atoms with van der Waals surface area (Å²) in [6.07, 6.45) is -2.42. The number of alkyl halides is 3. The van der Waals surface area contributed by atoms with Crippen molar-refractivity contribution in [2.45, 2.75) is 12.7 Å². The maximum Gasteiger partial charge on any atom is 0.417 e. The zero-order valence-corrected chi connectivity index (χ0v) is 19.6. The quantitative estimate of drug-likeness (QED) is 0.428. The molecule has 0 radical (unpaired) electrons. The van der Waals surface area contributed by atoms with Gasteiger partial charge in [-0.15, -0.1) is 11.3 Å². The second-order valence-corrected chi connectivity index (χ2v) is 8.15. The van der Waals surface area contributed by atoms with E-state index in [1.165, 1.54) is 26.4 Å². The van der Waals surface area contributed by atoms with Crippen LogP contribution in [0.4, 0.5) is 18.9 Å². The molecule has 0 atom stereocenters. The van der Waals surface area contributed by atoms with Crippen molar-refractivity contribution in [2.24, 2.45) is 0 Å². The number of rotatable bonds is 7. The Morgan fingerprint density at radius 1 is 1.09 bits per heavy atom. The topological polar surface area (TPSA) is 135 Å². The molecule has 184 valence electrons. The van der Waals surface area contributed by atoms with E-state index in [0.717, 1.165) is 29.8 Å². The molecule has 3 rings (SSSR count). The minimum absolute atomic E-state index is 0.0966. The Hall–Kier alpha value is -3.78. The Morgan fingerprint density at radius 2 is 1.77 bits per heavy atom. The minimum atomic E-state index is -4.68. The van der Waals surface area contributed by atoms with Gasteiger partial charge in [-0.3, -0.25) is 14.4 Å². The molecule has 2 aromatic heterocycles. The molecule has 0 spiro atoms. The predicted octanol–water partition coefficient (Wildman–Crippen LogP) is 3.16. The Labute approximate surface area is 204 Å². The summed E-state index contributed by atoms with van der Waals surface area (Å²) in [6.45, 7) is -0.0988. The second kappa shape index (κ2) is 10.7. The molecule has 0 unspecified atom stereocenters. The molecule has 0 saturated heterocycles. The van der Waals surface area contributed by atoms with Crippen LogP contribution in [0.1, 0.15) is 41.2 Å². The summed E-state index contributed by atoms with van der Waals surface area (Å²) in [5.74, 6) is -2.07. The van der Waals surface area contributed by atoms with Gasteiger partial charge < -0.3 is 20.7 Å². The number of nitrogens with zero attached hydrogens (tertiary/aromatic N) is 3. The lowest BCUT2D eigenvalue weighted by molar-refractivity contribution is -0.137. The van der Waals surface area contributed by atoms with Crippen LogP contribution in [0.5, 0.6) is 5.75 Å². The van der Waals surface area contributed by atoms with Gasteiger partial charge >= 0.3 is 6.18 Å². The van der Waals surface area contributed by atoms with Gasteiger partial charge in [0.2, 0.25) is 0 Å². The molecule has 2 heterocycles. The van der Waals surface area contributed by atoms with Crippen LogP contribution >= 0.6 is 22.9 Å². The van der Waals surface area contributed by atoms with Gasteiger partial charge in [0.15, 0.2) is 17.1 Å². The lowest BCUT2D eigenvalue weighted by Gasteiger charge is -2.11. The molecule has 3 amide bonds. The number of carbonyl (C=O) groups is 3. The normalized spacial score (nSPS) is 11.0. The van der Waals surface area contributed by atoms with E-state index >= 15 is 0 Å². The van der Waals surface area contributed by atoms with E-state index in [1.54, 1.807) is 0 Å². The van der Waals surface area contributed by atoms with Crippen molar-refractivity contribution < 1.29 is 32.3 Å². The molecule has 10 nitrogen and oxygen atoms in total. The van der Waals surface area contributed by atoms with E-state index in [1.807, 2.05) is 0 Å². The number of benzene rings is 1. The first-order chi connectivity index (χ1) is 16.5. The minimum Gasteiger partial charge on any atom is -0.492 e. The lowest BCUT2D eigenvalue weighted by atomic mass is 10.2. The predicted molar refractivity (Wildman–Crippen MR) is 120 cm³/mol. The zero-order chi connectivity index (χ0) is 25.8. The highest BCUT2D eigenvalue weighted by Gasteiger charge is 2.33. The summed E-state index contributed by atoms with van der Waals surface area (Å²) in [5.41, 5.74) is -1.49. The first-order valence-corrected chi connectivity index (χ1v) is 10.8. The first-order valence-electron chi connectivity index (χ1n) is 9.57. The number of amides is 3. The highest BCUT2D eigenvalue weighted by Crippen LogP contribution is 2.36. The Kier molecular flexibility index (Phi) is 7.86. The number of anilines is 1. The molecule has 1 aromatic carbocycles. The Bertz CT molecular complexity index is 1280. The van der Waals surface area contributed by atoms with Crippen molar-refractivity contribution in [3.63, 3.8) is 0 Å². The smallest absolute Gasteiger partial charge is 0.417 e. The largest absolute Gasteiger partial charge is 0.492 e. The van der Waals surface area contributed by atoms with Gasteiger partial charge in [0.05, 0.1) is 30.4 Å². The number of aromatic nitrogens is 3. The molecule has 0 fully saturated rings. The fraction of sp³-hybridized carbons (Fsp3) is 0.200. The van der Waals surface area contributed by atoms with Crippen LogP contribution < -0.4 is 20.7 Å². The number of methoxy groups -OCH3 is 1. The number of carbonyl (C=O) groups excluding carboxylic acids is 3. The van der Waals surface area contributed by atoms with Crippen molar-refractivity contribution in [3.8, 4) is 5.75 Å². The van der Waals surface area contributed by atoms with Crippen LogP contribution in [-0.4, -0.2) is 46.8 Å². The van der Waals surface area contributed by atoms with E-state index in [4.69, 9.17) is 16.3 Å². The summed E-state index contributed by atoms with van der Waals surface area (Å²) in [6, 6.07) is 3.00. The van der Waals surface area contributed by atoms with Crippen LogP contribution in [0, 0.1) is 0 Å². The van der Waals surface area contributed by atoms with Crippen molar-refractivity contribution in [3.05, 3.63) is 62.6 Å². The molecule has 0 aliphatic rings. The molecule has 3 N–H and O–H groups in total. The SMILES string of the molecule is CNC(=O)c1ncnc(C(=O)NCc2ncc(C(=O)Nc3ccc(Cl)c(C(F)(F)F)c3)s2)c1OC. The van der Waals surface area contributed by atoms with E-state index in [2.05, 4.69) is 30.9 Å². The molecule has 0 saturated carbocycles. The first kappa shape index (κ1) is 25.8. The summed E-state index contributed by atoms with van der Waals surface area (Å²) in [7, 11) is 2.65. The maximum atomic E-state index is 13.0. The molecule has 0 aliphatic heterocycles. The van der Waals surface area contributed by atoms with Crippen LogP contribution in [0.2, 0.25) is 5.02 Å². The summed E-state index contributed by atoms with van der Waals surface area (Å²) in [5, 5.41) is 7.11. The van der Waals surface area contributed by atoms with Gasteiger partial charge in [0.1, 0.15) is 16.2 Å². The van der Waals surface area contributed by atoms with Crippen LogP contribution in [0.3, 0.4) is 0 Å². The van der Waals surface area contributed by atoms with Gasteiger partial charge in [0.25, 0.3) is 17.7 Å². The van der Waals surface area contributed by atoms with Crippen molar-refractivity contribution in [1.29, 1.82) is 0 Å². The highest BCUT2D eigenvalue weighted by molar-refractivity contribution is 7.13. The van der Waals surface area contributed by atoms with E-state index in [-0.39, 0.29) is 34.2 Å². The number of halogens is 4. The van der Waals surface area contributed by atoms with Crippen LogP contribution in [-0.2, 0) is 12.7 Å². The van der Waals surface area contributed by atoms with E-state index in [0.29, 0.717) is 5.01 Å². The average Bonchev–Trinajstić information content (AvgIpc) is 3.31. The van der Waals surface area contributed by atoms with Gasteiger partial charge in [-0.2, -0.15) is 13.2 Å². The van der Waals surface area contributed by atoms with Crippen molar-refractivity contribution in [1.82, 2.24) is 25.6 Å². The zero-order valence-electron chi connectivity index (χ0n) is 18.0. The Morgan fingerprint density at radius 3 is 2.40 bits per heavy atom. The van der Waals surface area contributed by atoms with Crippen molar-refractivity contribution in [2.75, 3.05) is 19.5 Å². The summed E-state index contributed by atoms with van der Waals surface area (Å²) >= 11 is 6.50. The molecule has 0 bridgehead atoms. The lowest BCUT2D eigenvalue weighted by Crippen LogP contribution is -2.27. The fourth-order valence-electron chi connectivity index (χ4n) is 2.76. The molecule has 3 aromatic rings. The van der Waals surface area contributed by atoms with Gasteiger partial charge in [-0.25, -0.2) is 15.0 Å². The monoisotopic (exact) mass is 528 g/mol. The third kappa shape index (κ3) is 6.02. The number of nitrogens with one attached hydrogen (secondary N) is 3. The van der Waals surface area contributed by atoms with Gasteiger partial charge in [-0.05, 0) is 18.2 Å². The Balaban J connectivity index is 1.68. The average molecular weight is 529 g/mol. The third-order valence-corrected chi connectivity index (χ3v) is 5.70.